The molecular weight excluding hydrogens is 304 g/mol. The fourth-order valence-corrected chi connectivity index (χ4v) is 2.74. The van der Waals surface area contributed by atoms with E-state index in [9.17, 15) is 0 Å². The summed E-state index contributed by atoms with van der Waals surface area (Å²) in [5, 5.41) is 11.6. The second kappa shape index (κ2) is 6.82. The maximum atomic E-state index is 4.02. The van der Waals surface area contributed by atoms with E-state index in [1.54, 1.807) is 0 Å². The molecule has 0 aliphatic rings. The van der Waals surface area contributed by atoms with E-state index in [-0.39, 0.29) is 0 Å². The van der Waals surface area contributed by atoms with E-state index in [2.05, 4.69) is 62.7 Å². The molecule has 2 aromatic rings. The third kappa shape index (κ3) is 3.64. The van der Waals surface area contributed by atoms with Crippen molar-refractivity contribution in [2.75, 3.05) is 6.54 Å². The maximum Gasteiger partial charge on any atom is 0.151 e. The molecule has 0 amide bonds. The van der Waals surface area contributed by atoms with E-state index in [1.165, 1.54) is 5.56 Å². The summed E-state index contributed by atoms with van der Waals surface area (Å²) in [4.78, 5) is 0. The minimum Gasteiger partial charge on any atom is -0.310 e. The highest BCUT2D eigenvalue weighted by atomic mass is 79.9. The number of hydrogen-bond donors (Lipinski definition) is 1. The molecule has 0 saturated heterocycles. The third-order valence-corrected chi connectivity index (χ3v) is 3.83. The van der Waals surface area contributed by atoms with Gasteiger partial charge in [-0.3, -0.25) is 4.68 Å². The second-order valence-corrected chi connectivity index (χ2v) is 5.26. The number of halogens is 1. The predicted octanol–water partition coefficient (Wildman–Crippen LogP) is 2.86. The quantitative estimate of drug-likeness (QED) is 0.889. The van der Waals surface area contributed by atoms with Crippen LogP contribution in [-0.2, 0) is 13.5 Å². The zero-order valence-electron chi connectivity index (χ0n) is 11.3. The molecule has 0 bridgehead atoms. The van der Waals surface area contributed by atoms with E-state index in [4.69, 9.17) is 0 Å². The molecule has 0 fully saturated rings. The number of hydrogen-bond acceptors (Lipinski definition) is 3. The molecule has 1 aromatic carbocycles. The molecule has 0 aliphatic carbocycles. The van der Waals surface area contributed by atoms with Crippen molar-refractivity contribution in [3.05, 3.63) is 46.2 Å². The van der Waals surface area contributed by atoms with Crippen LogP contribution in [0.4, 0.5) is 0 Å². The average Bonchev–Trinajstić information content (AvgIpc) is 2.75. The van der Waals surface area contributed by atoms with Crippen molar-refractivity contribution in [2.45, 2.75) is 25.8 Å². The first-order valence-electron chi connectivity index (χ1n) is 6.54. The second-order valence-electron chi connectivity index (χ2n) is 4.51. The smallest absolute Gasteiger partial charge is 0.151 e. The third-order valence-electron chi connectivity index (χ3n) is 3.22. The van der Waals surface area contributed by atoms with Crippen LogP contribution < -0.4 is 5.32 Å². The highest BCUT2D eigenvalue weighted by molar-refractivity contribution is 9.10. The van der Waals surface area contributed by atoms with Gasteiger partial charge in [-0.25, -0.2) is 0 Å². The van der Waals surface area contributed by atoms with Crippen molar-refractivity contribution < 1.29 is 0 Å². The number of rotatable bonds is 6. The lowest BCUT2D eigenvalue weighted by molar-refractivity contribution is 0.505. The Morgan fingerprint density at radius 1 is 1.32 bits per heavy atom. The van der Waals surface area contributed by atoms with Crippen molar-refractivity contribution in [3.63, 3.8) is 0 Å². The van der Waals surface area contributed by atoms with E-state index < -0.39 is 0 Å². The van der Waals surface area contributed by atoms with Gasteiger partial charge in [0.25, 0.3) is 0 Å². The summed E-state index contributed by atoms with van der Waals surface area (Å²) in [5.41, 5.74) is 2.47. The Bertz CT molecular complexity index is 490. The molecule has 1 aromatic heterocycles. The first kappa shape index (κ1) is 14.2. The van der Waals surface area contributed by atoms with Gasteiger partial charge in [0, 0.05) is 13.1 Å². The fourth-order valence-electron chi connectivity index (χ4n) is 2.22. The molecular formula is C14H19BrN4. The Kier molecular flexibility index (Phi) is 5.10. The molecule has 2 rings (SSSR count). The van der Waals surface area contributed by atoms with Gasteiger partial charge >= 0.3 is 0 Å². The zero-order valence-corrected chi connectivity index (χ0v) is 12.9. The first-order chi connectivity index (χ1) is 9.22. The van der Waals surface area contributed by atoms with Gasteiger partial charge in [0.2, 0.25) is 0 Å². The standard InChI is InChI=1S/C14H19BrN4/c1-3-16-12(11-7-5-4-6-8-11)9-10-13-14(15)17-18-19(13)2/h4-8,12,16H,3,9-10H2,1-2H3. The minimum atomic E-state index is 0.369. The van der Waals surface area contributed by atoms with Crippen molar-refractivity contribution >= 4 is 15.9 Å². The number of aryl methyl sites for hydroxylation is 1. The van der Waals surface area contributed by atoms with Crippen molar-refractivity contribution in [1.29, 1.82) is 0 Å². The first-order valence-corrected chi connectivity index (χ1v) is 7.34. The van der Waals surface area contributed by atoms with Crippen LogP contribution in [-0.4, -0.2) is 21.5 Å². The Labute approximate surface area is 122 Å². The van der Waals surface area contributed by atoms with Crippen LogP contribution in [0.3, 0.4) is 0 Å². The molecule has 1 unspecified atom stereocenters. The number of aromatic nitrogens is 3. The van der Waals surface area contributed by atoms with E-state index in [0.717, 1.165) is 29.7 Å². The lowest BCUT2D eigenvalue weighted by atomic mass is 10.0. The van der Waals surface area contributed by atoms with Gasteiger partial charge < -0.3 is 5.32 Å². The Hall–Kier alpha value is -1.20. The summed E-state index contributed by atoms with van der Waals surface area (Å²) >= 11 is 3.45. The Morgan fingerprint density at radius 2 is 2.05 bits per heavy atom. The number of nitrogens with one attached hydrogen (secondary N) is 1. The van der Waals surface area contributed by atoms with Gasteiger partial charge in [-0.05, 0) is 40.9 Å². The van der Waals surface area contributed by atoms with E-state index in [1.807, 2.05) is 17.8 Å². The largest absolute Gasteiger partial charge is 0.310 e. The normalized spacial score (nSPS) is 12.6. The van der Waals surface area contributed by atoms with Crippen LogP contribution in [0.25, 0.3) is 0 Å². The van der Waals surface area contributed by atoms with Gasteiger partial charge in [-0.2, -0.15) is 0 Å². The zero-order chi connectivity index (χ0) is 13.7. The highest BCUT2D eigenvalue weighted by Gasteiger charge is 2.13. The lowest BCUT2D eigenvalue weighted by Gasteiger charge is -2.18. The predicted molar refractivity (Wildman–Crippen MR) is 79.9 cm³/mol. The van der Waals surface area contributed by atoms with Gasteiger partial charge in [0.1, 0.15) is 0 Å². The van der Waals surface area contributed by atoms with Crippen LogP contribution in [0.1, 0.15) is 30.6 Å². The molecule has 1 N–H and O–H groups in total. The van der Waals surface area contributed by atoms with Crippen LogP contribution in [0.5, 0.6) is 0 Å². The summed E-state index contributed by atoms with van der Waals surface area (Å²) in [6, 6.07) is 10.9. The molecule has 1 atom stereocenters. The van der Waals surface area contributed by atoms with Crippen LogP contribution in [0.2, 0.25) is 0 Å². The van der Waals surface area contributed by atoms with Crippen molar-refractivity contribution in [1.82, 2.24) is 20.3 Å². The molecule has 19 heavy (non-hydrogen) atoms. The molecule has 0 aliphatic heterocycles. The Balaban J connectivity index is 2.06. The van der Waals surface area contributed by atoms with Crippen molar-refractivity contribution in [2.24, 2.45) is 7.05 Å². The summed E-state index contributed by atoms with van der Waals surface area (Å²) in [5.74, 6) is 0. The lowest BCUT2D eigenvalue weighted by Crippen LogP contribution is -2.21. The molecule has 4 nitrogen and oxygen atoms in total. The van der Waals surface area contributed by atoms with E-state index >= 15 is 0 Å². The number of benzene rings is 1. The van der Waals surface area contributed by atoms with Gasteiger partial charge in [0.05, 0.1) is 5.69 Å². The molecule has 0 radical (unpaired) electrons. The summed E-state index contributed by atoms with van der Waals surface area (Å²) in [6.45, 7) is 3.10. The summed E-state index contributed by atoms with van der Waals surface area (Å²) in [6.07, 6.45) is 1.97. The van der Waals surface area contributed by atoms with Crippen LogP contribution in [0, 0.1) is 0 Å². The summed E-state index contributed by atoms with van der Waals surface area (Å²) < 4.78 is 2.68. The molecule has 1 heterocycles. The maximum absolute atomic E-state index is 4.02. The fraction of sp³-hybridized carbons (Fsp3) is 0.429. The monoisotopic (exact) mass is 322 g/mol. The highest BCUT2D eigenvalue weighted by Crippen LogP contribution is 2.21. The van der Waals surface area contributed by atoms with E-state index in [0.29, 0.717) is 6.04 Å². The topological polar surface area (TPSA) is 42.7 Å². The minimum absolute atomic E-state index is 0.369. The average molecular weight is 323 g/mol. The molecule has 102 valence electrons. The van der Waals surface area contributed by atoms with Crippen molar-refractivity contribution in [3.8, 4) is 0 Å². The van der Waals surface area contributed by atoms with Crippen LogP contribution in [0.15, 0.2) is 34.9 Å². The SMILES string of the molecule is CCNC(CCc1c(Br)nnn1C)c1ccccc1. The summed E-state index contributed by atoms with van der Waals surface area (Å²) in [7, 11) is 1.93. The number of nitrogens with zero attached hydrogens (tertiary/aromatic N) is 3. The molecule has 5 heteroatoms. The van der Waals surface area contributed by atoms with Gasteiger partial charge in [-0.1, -0.05) is 42.5 Å². The molecule has 0 saturated carbocycles. The van der Waals surface area contributed by atoms with Gasteiger partial charge in [0.15, 0.2) is 4.60 Å². The Morgan fingerprint density at radius 3 is 2.63 bits per heavy atom. The van der Waals surface area contributed by atoms with Gasteiger partial charge in [-0.15, -0.1) is 5.10 Å². The molecule has 0 spiro atoms. The van der Waals surface area contributed by atoms with Crippen LogP contribution >= 0.6 is 15.9 Å².